The summed E-state index contributed by atoms with van der Waals surface area (Å²) in [6.45, 7) is 4.78. The summed E-state index contributed by atoms with van der Waals surface area (Å²) in [5, 5.41) is 0. The lowest BCUT2D eigenvalue weighted by molar-refractivity contribution is 0.0816. The van der Waals surface area contributed by atoms with Gasteiger partial charge in [0, 0.05) is 37.1 Å². The van der Waals surface area contributed by atoms with E-state index in [1.165, 1.54) is 17.7 Å². The predicted octanol–water partition coefficient (Wildman–Crippen LogP) is 5.86. The molecular formula is C25H29BrF2N2O3. The van der Waals surface area contributed by atoms with Gasteiger partial charge in [0.25, 0.3) is 0 Å². The molecule has 1 fully saturated rings. The summed E-state index contributed by atoms with van der Waals surface area (Å²) in [7, 11) is 0. The van der Waals surface area contributed by atoms with E-state index in [1.807, 2.05) is 0 Å². The second-order valence-electron chi connectivity index (χ2n) is 8.33. The number of hydrogen-bond acceptors (Lipinski definition) is 5. The van der Waals surface area contributed by atoms with E-state index in [-0.39, 0.29) is 12.4 Å². The van der Waals surface area contributed by atoms with Crippen LogP contribution in [0.4, 0.5) is 8.78 Å². The normalized spacial score (nSPS) is 18.8. The lowest BCUT2D eigenvalue weighted by atomic mass is 10.0. The maximum atomic E-state index is 13.8. The molecule has 4 rings (SSSR count). The van der Waals surface area contributed by atoms with E-state index in [0.29, 0.717) is 4.47 Å². The molecule has 33 heavy (non-hydrogen) atoms. The smallest absolute Gasteiger partial charge is 0.231 e. The number of piperazine rings is 1. The minimum absolute atomic E-state index is 0.287. The van der Waals surface area contributed by atoms with Crippen molar-refractivity contribution in [1.29, 1.82) is 0 Å². The number of unbranched alkanes of at least 4 members (excludes halogenated alkanes) is 1. The number of ether oxygens (including phenoxy) is 3. The zero-order valence-electron chi connectivity index (χ0n) is 18.6. The molecule has 178 valence electrons. The van der Waals surface area contributed by atoms with Crippen LogP contribution in [0.25, 0.3) is 0 Å². The molecule has 3 aliphatic rings. The number of rotatable bonds is 9. The van der Waals surface area contributed by atoms with Gasteiger partial charge in [0.05, 0.1) is 6.61 Å². The van der Waals surface area contributed by atoms with E-state index in [4.69, 9.17) is 14.2 Å². The van der Waals surface area contributed by atoms with Crippen LogP contribution in [0.1, 0.15) is 32.1 Å². The van der Waals surface area contributed by atoms with Crippen LogP contribution in [0.5, 0.6) is 5.75 Å². The molecule has 0 bridgehead atoms. The van der Waals surface area contributed by atoms with E-state index in [0.717, 1.165) is 76.5 Å². The minimum Gasteiger partial charge on any atom is -0.488 e. The second kappa shape index (κ2) is 11.7. The Kier molecular flexibility index (Phi) is 8.45. The molecule has 0 N–H and O–H groups in total. The number of allylic oxidation sites excluding steroid dienone is 4. The number of nitrogens with zero attached hydrogens (tertiary/aromatic N) is 2. The third-order valence-electron chi connectivity index (χ3n) is 5.89. The van der Waals surface area contributed by atoms with Crippen molar-refractivity contribution in [2.75, 3.05) is 39.3 Å². The Morgan fingerprint density at radius 2 is 1.79 bits per heavy atom. The van der Waals surface area contributed by atoms with E-state index in [1.54, 1.807) is 12.5 Å². The van der Waals surface area contributed by atoms with E-state index < -0.39 is 11.6 Å². The van der Waals surface area contributed by atoms with Gasteiger partial charge in [-0.2, -0.15) is 0 Å². The lowest BCUT2D eigenvalue weighted by Gasteiger charge is -2.36. The SMILES string of the molecule is Fc1cc(Br)cc(F)c1OCCCCN1CCN(C2=COC(CC3=CC=CCC3)=CO2)CC1. The van der Waals surface area contributed by atoms with Crippen LogP contribution in [0.15, 0.2) is 64.6 Å². The van der Waals surface area contributed by atoms with Crippen LogP contribution in [0, 0.1) is 11.6 Å². The van der Waals surface area contributed by atoms with Crippen molar-refractivity contribution in [2.45, 2.75) is 32.1 Å². The van der Waals surface area contributed by atoms with E-state index >= 15 is 0 Å². The molecule has 2 heterocycles. The van der Waals surface area contributed by atoms with Crippen LogP contribution in [-0.2, 0) is 9.47 Å². The first-order valence-electron chi connectivity index (χ1n) is 11.4. The lowest BCUT2D eigenvalue weighted by Crippen LogP contribution is -2.46. The van der Waals surface area contributed by atoms with Crippen molar-refractivity contribution < 1.29 is 23.0 Å². The highest BCUT2D eigenvalue weighted by molar-refractivity contribution is 9.10. The Hall–Kier alpha value is -2.32. The molecule has 1 saturated heterocycles. The summed E-state index contributed by atoms with van der Waals surface area (Å²) in [6, 6.07) is 2.41. The summed E-state index contributed by atoms with van der Waals surface area (Å²) in [5.41, 5.74) is 1.36. The minimum atomic E-state index is -0.689. The Morgan fingerprint density at radius 1 is 1.00 bits per heavy atom. The van der Waals surface area contributed by atoms with Crippen LogP contribution < -0.4 is 4.74 Å². The van der Waals surface area contributed by atoms with Gasteiger partial charge < -0.3 is 19.1 Å². The first-order chi connectivity index (χ1) is 16.1. The highest BCUT2D eigenvalue weighted by Crippen LogP contribution is 2.27. The molecule has 0 spiro atoms. The van der Waals surface area contributed by atoms with Gasteiger partial charge in [-0.05, 0) is 44.4 Å². The molecule has 5 nitrogen and oxygen atoms in total. The molecule has 0 radical (unpaired) electrons. The van der Waals surface area contributed by atoms with Crippen LogP contribution in [-0.4, -0.2) is 49.1 Å². The number of benzene rings is 1. The molecule has 2 aliphatic heterocycles. The monoisotopic (exact) mass is 522 g/mol. The van der Waals surface area contributed by atoms with Gasteiger partial charge in [0.15, 0.2) is 23.6 Å². The standard InChI is InChI=1S/C25H29BrF2N2O3/c26-20-15-22(27)25(23(28)16-20)31-13-5-4-8-29-9-11-30(12-10-29)24-18-32-21(17-33-24)14-19-6-2-1-3-7-19/h1-2,6,15-18H,3-5,7-14H2. The van der Waals surface area contributed by atoms with E-state index in [2.05, 4.69) is 44.0 Å². The van der Waals surface area contributed by atoms with Crippen molar-refractivity contribution in [3.63, 3.8) is 0 Å². The molecular weight excluding hydrogens is 494 g/mol. The Morgan fingerprint density at radius 3 is 2.45 bits per heavy atom. The topological polar surface area (TPSA) is 34.2 Å². The van der Waals surface area contributed by atoms with Crippen molar-refractivity contribution in [1.82, 2.24) is 9.80 Å². The Balaban J connectivity index is 1.11. The first-order valence-corrected chi connectivity index (χ1v) is 12.2. The Labute approximate surface area is 202 Å². The maximum Gasteiger partial charge on any atom is 0.231 e. The average molecular weight is 523 g/mol. The van der Waals surface area contributed by atoms with Crippen LogP contribution >= 0.6 is 15.9 Å². The van der Waals surface area contributed by atoms with Gasteiger partial charge in [0.1, 0.15) is 12.0 Å². The third kappa shape index (κ3) is 6.84. The van der Waals surface area contributed by atoms with Gasteiger partial charge in [-0.15, -0.1) is 0 Å². The average Bonchev–Trinajstić information content (AvgIpc) is 2.82. The van der Waals surface area contributed by atoms with Crippen LogP contribution in [0.3, 0.4) is 0 Å². The molecule has 1 aromatic carbocycles. The largest absolute Gasteiger partial charge is 0.488 e. The van der Waals surface area contributed by atoms with Gasteiger partial charge in [-0.1, -0.05) is 39.7 Å². The van der Waals surface area contributed by atoms with Crippen molar-refractivity contribution >= 4 is 15.9 Å². The number of halogens is 3. The Bertz CT molecular complexity index is 930. The molecule has 0 saturated carbocycles. The maximum absolute atomic E-state index is 13.8. The second-order valence-corrected chi connectivity index (χ2v) is 9.24. The van der Waals surface area contributed by atoms with Gasteiger partial charge in [-0.25, -0.2) is 8.78 Å². The van der Waals surface area contributed by atoms with Gasteiger partial charge in [0.2, 0.25) is 5.88 Å². The summed E-state index contributed by atoms with van der Waals surface area (Å²) in [4.78, 5) is 4.57. The van der Waals surface area contributed by atoms with Crippen molar-refractivity contribution in [3.05, 3.63) is 76.2 Å². The highest BCUT2D eigenvalue weighted by atomic mass is 79.9. The van der Waals surface area contributed by atoms with Crippen LogP contribution in [0.2, 0.25) is 0 Å². The summed E-state index contributed by atoms with van der Waals surface area (Å²) < 4.78 is 44.9. The third-order valence-corrected chi connectivity index (χ3v) is 6.34. The molecule has 1 aliphatic carbocycles. The van der Waals surface area contributed by atoms with Gasteiger partial charge >= 0.3 is 0 Å². The predicted molar refractivity (Wildman–Crippen MR) is 126 cm³/mol. The highest BCUT2D eigenvalue weighted by Gasteiger charge is 2.22. The fourth-order valence-corrected chi connectivity index (χ4v) is 4.44. The first kappa shape index (κ1) is 23.8. The summed E-state index contributed by atoms with van der Waals surface area (Å²) in [5.74, 6) is -0.0935. The molecule has 0 amide bonds. The van der Waals surface area contributed by atoms with Gasteiger partial charge in [-0.3, -0.25) is 4.90 Å². The van der Waals surface area contributed by atoms with Crippen molar-refractivity contribution in [3.8, 4) is 5.75 Å². The number of hydrogen-bond donors (Lipinski definition) is 0. The quantitative estimate of drug-likeness (QED) is 0.379. The summed E-state index contributed by atoms with van der Waals surface area (Å²) in [6.07, 6.45) is 14.4. The summed E-state index contributed by atoms with van der Waals surface area (Å²) >= 11 is 3.06. The van der Waals surface area contributed by atoms with Crippen molar-refractivity contribution in [2.24, 2.45) is 0 Å². The molecule has 8 heteroatoms. The molecule has 0 aromatic heterocycles. The molecule has 0 unspecified atom stereocenters. The molecule has 0 atom stereocenters. The molecule has 1 aromatic rings. The zero-order valence-corrected chi connectivity index (χ0v) is 20.2. The fourth-order valence-electron chi connectivity index (χ4n) is 4.03. The zero-order chi connectivity index (χ0) is 23.0. The fraction of sp³-hybridized carbons (Fsp3) is 0.440. The van der Waals surface area contributed by atoms with E-state index in [9.17, 15) is 8.78 Å².